The lowest BCUT2D eigenvalue weighted by molar-refractivity contribution is -0.116. The van der Waals surface area contributed by atoms with E-state index in [0.29, 0.717) is 30.8 Å². The van der Waals surface area contributed by atoms with E-state index in [2.05, 4.69) is 10.6 Å². The Balaban J connectivity index is 1.47. The molecule has 4 rings (SSSR count). The quantitative estimate of drug-likeness (QED) is 0.876. The molecule has 2 heterocycles. The molecule has 0 bridgehead atoms. The Kier molecular flexibility index (Phi) is 4.71. The van der Waals surface area contributed by atoms with Crippen LogP contribution in [0.4, 0.5) is 5.69 Å². The van der Waals surface area contributed by atoms with Crippen LogP contribution in [0.1, 0.15) is 34.3 Å². The van der Waals surface area contributed by atoms with E-state index in [0.717, 1.165) is 35.4 Å². The number of aryl methyl sites for hydroxylation is 1. The third-order valence-electron chi connectivity index (χ3n) is 5.00. The van der Waals surface area contributed by atoms with Crippen molar-refractivity contribution in [1.29, 1.82) is 0 Å². The highest BCUT2D eigenvalue weighted by Gasteiger charge is 2.24. The molecule has 0 saturated heterocycles. The predicted molar refractivity (Wildman–Crippen MR) is 101 cm³/mol. The van der Waals surface area contributed by atoms with Gasteiger partial charge in [-0.05, 0) is 49.1 Å². The van der Waals surface area contributed by atoms with Crippen LogP contribution in [-0.2, 0) is 17.6 Å². The lowest BCUT2D eigenvalue weighted by atomic mass is 10.0. The maximum Gasteiger partial charge on any atom is 0.251 e. The minimum Gasteiger partial charge on any atom is -0.493 e. The van der Waals surface area contributed by atoms with Crippen LogP contribution in [0.5, 0.6) is 11.5 Å². The summed E-state index contributed by atoms with van der Waals surface area (Å²) < 4.78 is 11.2. The average molecular weight is 366 g/mol. The molecule has 2 aromatic rings. The maximum absolute atomic E-state index is 12.7. The van der Waals surface area contributed by atoms with Crippen LogP contribution in [-0.4, -0.2) is 31.6 Å². The standard InChI is InChI=1S/C21H22N2O4/c1-26-18-6-2-5-14-11-16(12-27-20(14)18)22-21(25)15-8-9-17-13(10-15)4-3-7-19(24)23-17/h2,5-6,8-10,16H,3-4,7,11-12H2,1H3,(H,22,25)(H,23,24)/t16-/m0/s1. The van der Waals surface area contributed by atoms with Crippen molar-refractivity contribution in [1.82, 2.24) is 5.32 Å². The molecule has 1 atom stereocenters. The molecule has 0 aromatic heterocycles. The Labute approximate surface area is 157 Å². The van der Waals surface area contributed by atoms with Crippen molar-refractivity contribution in [3.05, 3.63) is 53.1 Å². The lowest BCUT2D eigenvalue weighted by Gasteiger charge is -2.27. The number of carbonyl (C=O) groups is 2. The number of para-hydroxylation sites is 1. The van der Waals surface area contributed by atoms with Gasteiger partial charge in [0.25, 0.3) is 5.91 Å². The normalized spacial score (nSPS) is 18.3. The molecule has 27 heavy (non-hydrogen) atoms. The molecule has 140 valence electrons. The lowest BCUT2D eigenvalue weighted by Crippen LogP contribution is -2.42. The van der Waals surface area contributed by atoms with Crippen LogP contribution in [0, 0.1) is 0 Å². The third-order valence-corrected chi connectivity index (χ3v) is 5.00. The predicted octanol–water partition coefficient (Wildman–Crippen LogP) is 2.70. The van der Waals surface area contributed by atoms with Crippen LogP contribution in [0.3, 0.4) is 0 Å². The van der Waals surface area contributed by atoms with E-state index < -0.39 is 0 Å². The molecule has 0 spiro atoms. The number of nitrogens with one attached hydrogen (secondary N) is 2. The zero-order valence-corrected chi connectivity index (χ0v) is 15.2. The van der Waals surface area contributed by atoms with Gasteiger partial charge >= 0.3 is 0 Å². The van der Waals surface area contributed by atoms with Crippen LogP contribution in [0.25, 0.3) is 0 Å². The molecule has 6 heteroatoms. The zero-order valence-electron chi connectivity index (χ0n) is 15.2. The number of ether oxygens (including phenoxy) is 2. The number of carbonyl (C=O) groups excluding carboxylic acids is 2. The van der Waals surface area contributed by atoms with Crippen molar-refractivity contribution in [2.75, 3.05) is 19.0 Å². The van der Waals surface area contributed by atoms with E-state index in [9.17, 15) is 9.59 Å². The van der Waals surface area contributed by atoms with Crippen molar-refractivity contribution in [2.45, 2.75) is 31.7 Å². The van der Waals surface area contributed by atoms with E-state index in [-0.39, 0.29) is 17.9 Å². The summed E-state index contributed by atoms with van der Waals surface area (Å²) >= 11 is 0. The number of hydrogen-bond donors (Lipinski definition) is 2. The molecule has 0 unspecified atom stereocenters. The highest BCUT2D eigenvalue weighted by molar-refractivity contribution is 5.97. The van der Waals surface area contributed by atoms with Gasteiger partial charge in [-0.2, -0.15) is 0 Å². The summed E-state index contributed by atoms with van der Waals surface area (Å²) in [7, 11) is 1.62. The van der Waals surface area contributed by atoms with Crippen molar-refractivity contribution in [3.63, 3.8) is 0 Å². The molecule has 2 aliphatic rings. The average Bonchev–Trinajstić information content (AvgIpc) is 2.87. The summed E-state index contributed by atoms with van der Waals surface area (Å²) in [6.45, 7) is 0.403. The van der Waals surface area contributed by atoms with Crippen molar-refractivity contribution < 1.29 is 19.1 Å². The van der Waals surface area contributed by atoms with E-state index in [1.54, 1.807) is 13.2 Å². The summed E-state index contributed by atoms with van der Waals surface area (Å²) in [4.78, 5) is 24.4. The number of rotatable bonds is 3. The number of benzene rings is 2. The van der Waals surface area contributed by atoms with E-state index in [4.69, 9.17) is 9.47 Å². The summed E-state index contributed by atoms with van der Waals surface area (Å²) in [5.41, 5.74) is 3.43. The number of amides is 2. The molecule has 2 aliphatic heterocycles. The molecule has 0 radical (unpaired) electrons. The minimum absolute atomic E-state index is 0.0272. The Morgan fingerprint density at radius 1 is 1.22 bits per heavy atom. The van der Waals surface area contributed by atoms with Crippen LogP contribution >= 0.6 is 0 Å². The van der Waals surface area contributed by atoms with Gasteiger partial charge in [-0.25, -0.2) is 0 Å². The van der Waals surface area contributed by atoms with Gasteiger partial charge in [0.05, 0.1) is 13.2 Å². The molecule has 0 saturated carbocycles. The van der Waals surface area contributed by atoms with Gasteiger partial charge < -0.3 is 20.1 Å². The summed E-state index contributed by atoms with van der Waals surface area (Å²) in [5.74, 6) is 1.36. The Bertz CT molecular complexity index is 894. The number of methoxy groups -OCH3 is 1. The molecule has 0 aliphatic carbocycles. The van der Waals surface area contributed by atoms with E-state index >= 15 is 0 Å². The second-order valence-electron chi connectivity index (χ2n) is 6.91. The fourth-order valence-corrected chi connectivity index (χ4v) is 3.63. The van der Waals surface area contributed by atoms with Gasteiger partial charge in [0.1, 0.15) is 6.61 Å². The van der Waals surface area contributed by atoms with Crippen molar-refractivity contribution in [2.24, 2.45) is 0 Å². The molecule has 2 amide bonds. The van der Waals surface area contributed by atoms with Gasteiger partial charge in [-0.15, -0.1) is 0 Å². The highest BCUT2D eigenvalue weighted by atomic mass is 16.5. The highest BCUT2D eigenvalue weighted by Crippen LogP contribution is 2.34. The monoisotopic (exact) mass is 366 g/mol. The first-order valence-corrected chi connectivity index (χ1v) is 9.16. The maximum atomic E-state index is 12.7. The Morgan fingerprint density at radius 3 is 2.96 bits per heavy atom. The first-order valence-electron chi connectivity index (χ1n) is 9.16. The third kappa shape index (κ3) is 3.60. The second-order valence-corrected chi connectivity index (χ2v) is 6.91. The topological polar surface area (TPSA) is 76.7 Å². The number of anilines is 1. The Morgan fingerprint density at radius 2 is 2.11 bits per heavy atom. The van der Waals surface area contributed by atoms with Crippen LogP contribution < -0.4 is 20.1 Å². The fourth-order valence-electron chi connectivity index (χ4n) is 3.63. The van der Waals surface area contributed by atoms with Gasteiger partial charge in [0, 0.05) is 23.2 Å². The second kappa shape index (κ2) is 7.31. The zero-order chi connectivity index (χ0) is 18.8. The largest absolute Gasteiger partial charge is 0.493 e. The molecule has 6 nitrogen and oxygen atoms in total. The Hall–Kier alpha value is -3.02. The SMILES string of the molecule is COc1cccc2c1OC[C@@H](NC(=O)c1ccc3c(c1)CCCC(=O)N3)C2. The van der Waals surface area contributed by atoms with E-state index in [1.807, 2.05) is 30.3 Å². The van der Waals surface area contributed by atoms with Gasteiger partial charge in [-0.1, -0.05) is 12.1 Å². The minimum atomic E-state index is -0.131. The first kappa shape index (κ1) is 17.4. The van der Waals surface area contributed by atoms with Crippen LogP contribution in [0.2, 0.25) is 0 Å². The first-order chi connectivity index (χ1) is 13.1. The van der Waals surface area contributed by atoms with E-state index in [1.165, 1.54) is 0 Å². The molecular weight excluding hydrogens is 344 g/mol. The molecule has 2 N–H and O–H groups in total. The summed E-state index contributed by atoms with van der Waals surface area (Å²) in [6.07, 6.45) is 2.78. The van der Waals surface area contributed by atoms with Crippen molar-refractivity contribution in [3.8, 4) is 11.5 Å². The number of hydrogen-bond acceptors (Lipinski definition) is 4. The number of fused-ring (bicyclic) bond motifs is 2. The van der Waals surface area contributed by atoms with Gasteiger partial charge in [0.15, 0.2) is 11.5 Å². The summed E-state index contributed by atoms with van der Waals surface area (Å²) in [6, 6.07) is 11.1. The fraction of sp³-hybridized carbons (Fsp3) is 0.333. The van der Waals surface area contributed by atoms with Crippen LogP contribution in [0.15, 0.2) is 36.4 Å². The smallest absolute Gasteiger partial charge is 0.251 e. The van der Waals surface area contributed by atoms with Gasteiger partial charge in [0.2, 0.25) is 5.91 Å². The molecule has 2 aromatic carbocycles. The van der Waals surface area contributed by atoms with Crippen molar-refractivity contribution >= 4 is 17.5 Å². The molecule has 0 fully saturated rings. The summed E-state index contributed by atoms with van der Waals surface area (Å²) in [5, 5.41) is 5.94. The van der Waals surface area contributed by atoms with Gasteiger partial charge in [-0.3, -0.25) is 9.59 Å². The molecular formula is C21H22N2O4.